The molecular weight excluding hydrogens is 320 g/mol. The highest BCUT2D eigenvalue weighted by atomic mass is 16.2. The zero-order valence-corrected chi connectivity index (χ0v) is 13.8. The van der Waals surface area contributed by atoms with Crippen LogP contribution in [0.2, 0.25) is 0 Å². The van der Waals surface area contributed by atoms with Crippen molar-refractivity contribution >= 4 is 28.6 Å². The summed E-state index contributed by atoms with van der Waals surface area (Å²) in [5.74, 6) is -0.222. The molecule has 130 valence electrons. The van der Waals surface area contributed by atoms with Gasteiger partial charge in [-0.3, -0.25) is 14.4 Å². The van der Waals surface area contributed by atoms with Gasteiger partial charge in [0.15, 0.2) is 0 Å². The molecule has 2 aliphatic heterocycles. The van der Waals surface area contributed by atoms with E-state index < -0.39 is 6.04 Å². The lowest BCUT2D eigenvalue weighted by Gasteiger charge is -2.42. The highest BCUT2D eigenvalue weighted by Crippen LogP contribution is 2.20. The summed E-state index contributed by atoms with van der Waals surface area (Å²) in [7, 11) is 0. The summed E-state index contributed by atoms with van der Waals surface area (Å²) in [6.45, 7) is 1.26. The molecular formula is C18H20N4O3. The maximum Gasteiger partial charge on any atom is 0.245 e. The first-order chi connectivity index (χ1) is 12.1. The van der Waals surface area contributed by atoms with Crippen LogP contribution in [0.25, 0.3) is 10.9 Å². The predicted octanol–water partition coefficient (Wildman–Crippen LogP) is 0.270. The summed E-state index contributed by atoms with van der Waals surface area (Å²) in [6, 6.07) is 7.47. The molecule has 2 N–H and O–H groups in total. The van der Waals surface area contributed by atoms with Crippen LogP contribution >= 0.6 is 0 Å². The Bertz CT molecular complexity index is 844. The Hall–Kier alpha value is -2.83. The van der Waals surface area contributed by atoms with E-state index in [0.717, 1.165) is 16.5 Å². The number of fused-ring (bicyclic) bond motifs is 2. The van der Waals surface area contributed by atoms with Gasteiger partial charge < -0.3 is 20.1 Å². The fraction of sp³-hybridized carbons (Fsp3) is 0.389. The number of hydrogen-bond donors (Lipinski definition) is 2. The third-order valence-corrected chi connectivity index (χ3v) is 5.05. The average molecular weight is 340 g/mol. The normalized spacial score (nSPS) is 20.6. The van der Waals surface area contributed by atoms with Crippen molar-refractivity contribution in [3.8, 4) is 0 Å². The number of piperazine rings is 2. The van der Waals surface area contributed by atoms with Crippen molar-refractivity contribution in [1.82, 2.24) is 20.1 Å². The van der Waals surface area contributed by atoms with Crippen LogP contribution in [0.5, 0.6) is 0 Å². The summed E-state index contributed by atoms with van der Waals surface area (Å²) in [6.07, 6.45) is 2.99. The molecule has 3 amide bonds. The molecule has 0 radical (unpaired) electrons. The molecule has 3 heterocycles. The van der Waals surface area contributed by atoms with Gasteiger partial charge in [-0.25, -0.2) is 0 Å². The molecule has 1 aromatic heterocycles. The third-order valence-electron chi connectivity index (χ3n) is 5.05. The van der Waals surface area contributed by atoms with Crippen molar-refractivity contribution in [3.05, 3.63) is 36.0 Å². The lowest BCUT2D eigenvalue weighted by atomic mass is 10.1. The first-order valence-corrected chi connectivity index (χ1v) is 8.53. The molecule has 4 rings (SSSR count). The van der Waals surface area contributed by atoms with Gasteiger partial charge in [-0.2, -0.15) is 0 Å². The van der Waals surface area contributed by atoms with Crippen LogP contribution in [-0.2, 0) is 20.8 Å². The minimum Gasteiger partial charge on any atom is -0.361 e. The zero-order chi connectivity index (χ0) is 17.4. The lowest BCUT2D eigenvalue weighted by Crippen LogP contribution is -2.66. The Labute approximate surface area is 145 Å². The van der Waals surface area contributed by atoms with Gasteiger partial charge in [0.2, 0.25) is 17.7 Å². The quantitative estimate of drug-likeness (QED) is 0.841. The molecule has 1 unspecified atom stereocenters. The van der Waals surface area contributed by atoms with Crippen LogP contribution in [0.15, 0.2) is 30.5 Å². The molecule has 0 spiro atoms. The molecule has 1 atom stereocenters. The van der Waals surface area contributed by atoms with Crippen LogP contribution in [0.1, 0.15) is 12.0 Å². The van der Waals surface area contributed by atoms with E-state index in [1.54, 1.807) is 9.80 Å². The highest BCUT2D eigenvalue weighted by Gasteiger charge is 2.39. The number of carbonyl (C=O) groups is 3. The summed E-state index contributed by atoms with van der Waals surface area (Å²) in [4.78, 5) is 42.9. The molecule has 0 aliphatic carbocycles. The second kappa shape index (κ2) is 6.23. The van der Waals surface area contributed by atoms with Crippen molar-refractivity contribution in [2.24, 2.45) is 0 Å². The first-order valence-electron chi connectivity index (χ1n) is 8.53. The van der Waals surface area contributed by atoms with Crippen molar-refractivity contribution in [1.29, 1.82) is 0 Å². The number of aromatic nitrogens is 1. The van der Waals surface area contributed by atoms with E-state index in [-0.39, 0.29) is 30.8 Å². The molecule has 0 bridgehead atoms. The number of aryl methyl sites for hydroxylation is 1. The van der Waals surface area contributed by atoms with Gasteiger partial charge in [0.1, 0.15) is 6.04 Å². The molecule has 2 aromatic rings. The smallest absolute Gasteiger partial charge is 0.245 e. The van der Waals surface area contributed by atoms with Crippen LogP contribution in [-0.4, -0.2) is 64.7 Å². The van der Waals surface area contributed by atoms with E-state index in [1.807, 2.05) is 30.5 Å². The second-order valence-electron chi connectivity index (χ2n) is 6.52. The van der Waals surface area contributed by atoms with E-state index >= 15 is 0 Å². The minimum atomic E-state index is -0.549. The van der Waals surface area contributed by atoms with Crippen LogP contribution in [0, 0.1) is 0 Å². The summed E-state index contributed by atoms with van der Waals surface area (Å²) < 4.78 is 0. The number of H-pyrrole nitrogens is 1. The number of hydrogen-bond acceptors (Lipinski definition) is 3. The Morgan fingerprint density at radius 3 is 2.92 bits per heavy atom. The van der Waals surface area contributed by atoms with Crippen LogP contribution < -0.4 is 5.32 Å². The number of aromatic amines is 1. The maximum absolute atomic E-state index is 12.6. The number of carbonyl (C=O) groups excluding carboxylic acids is 3. The summed E-state index contributed by atoms with van der Waals surface area (Å²) in [5.41, 5.74) is 2.18. The van der Waals surface area contributed by atoms with E-state index in [9.17, 15) is 14.4 Å². The largest absolute Gasteiger partial charge is 0.361 e. The van der Waals surface area contributed by atoms with Crippen molar-refractivity contribution in [2.45, 2.75) is 18.9 Å². The monoisotopic (exact) mass is 340 g/mol. The maximum atomic E-state index is 12.6. The average Bonchev–Trinajstić information content (AvgIpc) is 3.06. The van der Waals surface area contributed by atoms with Crippen molar-refractivity contribution < 1.29 is 14.4 Å². The fourth-order valence-electron chi connectivity index (χ4n) is 3.65. The van der Waals surface area contributed by atoms with Gasteiger partial charge >= 0.3 is 0 Å². The number of nitrogens with one attached hydrogen (secondary N) is 2. The topological polar surface area (TPSA) is 85.5 Å². The Balaban J connectivity index is 1.40. The van der Waals surface area contributed by atoms with Gasteiger partial charge in [-0.15, -0.1) is 0 Å². The summed E-state index contributed by atoms with van der Waals surface area (Å²) in [5, 5.41) is 3.73. The molecule has 25 heavy (non-hydrogen) atoms. The standard InChI is InChI=1S/C18H20N4O3/c23-16(6-5-12-9-19-14-4-2-1-3-13(12)14)21-7-8-22-15(11-21)18(25)20-10-17(22)24/h1-4,9,15,19H,5-8,10-11H2,(H,20,25). The predicted molar refractivity (Wildman–Crippen MR) is 91.7 cm³/mol. The highest BCUT2D eigenvalue weighted by molar-refractivity contribution is 5.95. The fourth-order valence-corrected chi connectivity index (χ4v) is 3.65. The molecule has 7 heteroatoms. The Kier molecular flexibility index (Phi) is 3.91. The van der Waals surface area contributed by atoms with E-state index in [4.69, 9.17) is 0 Å². The molecule has 0 saturated carbocycles. The Morgan fingerprint density at radius 1 is 1.20 bits per heavy atom. The number of benzene rings is 1. The van der Waals surface area contributed by atoms with E-state index in [1.165, 1.54) is 0 Å². The lowest BCUT2D eigenvalue weighted by molar-refractivity contribution is -0.152. The third kappa shape index (κ3) is 2.86. The van der Waals surface area contributed by atoms with E-state index in [0.29, 0.717) is 25.9 Å². The van der Waals surface area contributed by atoms with Gasteiger partial charge in [0.05, 0.1) is 13.1 Å². The van der Waals surface area contributed by atoms with E-state index in [2.05, 4.69) is 10.3 Å². The zero-order valence-electron chi connectivity index (χ0n) is 13.8. The Morgan fingerprint density at radius 2 is 2.04 bits per heavy atom. The molecule has 2 saturated heterocycles. The van der Waals surface area contributed by atoms with Crippen LogP contribution in [0.3, 0.4) is 0 Å². The molecule has 2 aliphatic rings. The van der Waals surface area contributed by atoms with Crippen molar-refractivity contribution in [2.75, 3.05) is 26.2 Å². The number of amides is 3. The number of rotatable bonds is 3. The van der Waals surface area contributed by atoms with Gasteiger partial charge in [-0.1, -0.05) is 18.2 Å². The molecule has 2 fully saturated rings. The molecule has 7 nitrogen and oxygen atoms in total. The SMILES string of the molecule is O=C1NCC(=O)N2CCN(C(=O)CCc3c[nH]c4ccccc34)CC12. The van der Waals surface area contributed by atoms with Crippen LogP contribution in [0.4, 0.5) is 0 Å². The number of nitrogens with zero attached hydrogens (tertiary/aromatic N) is 2. The summed E-state index contributed by atoms with van der Waals surface area (Å²) >= 11 is 0. The molecule has 1 aromatic carbocycles. The number of para-hydroxylation sites is 1. The van der Waals surface area contributed by atoms with Gasteiger partial charge in [-0.05, 0) is 18.1 Å². The van der Waals surface area contributed by atoms with Crippen molar-refractivity contribution in [3.63, 3.8) is 0 Å². The second-order valence-corrected chi connectivity index (χ2v) is 6.52. The minimum absolute atomic E-state index is 0.0238. The van der Waals surface area contributed by atoms with Gasteiger partial charge in [0, 0.05) is 36.6 Å². The first kappa shape index (κ1) is 15.7. The van der Waals surface area contributed by atoms with Gasteiger partial charge in [0.25, 0.3) is 0 Å².